The molecule has 146 valence electrons. The van der Waals surface area contributed by atoms with Gasteiger partial charge in [0.15, 0.2) is 0 Å². The number of rotatable bonds is 5. The molecule has 2 aliphatic carbocycles. The predicted molar refractivity (Wildman–Crippen MR) is 112 cm³/mol. The van der Waals surface area contributed by atoms with Crippen LogP contribution in [0.25, 0.3) is 0 Å². The first-order chi connectivity index (χ1) is 14.1. The van der Waals surface area contributed by atoms with Crippen molar-refractivity contribution in [2.24, 2.45) is 28.8 Å². The third-order valence-electron chi connectivity index (χ3n) is 5.97. The Bertz CT molecular complexity index is 983. The smallest absolute Gasteiger partial charge is 0.254 e. The first kappa shape index (κ1) is 18.3. The summed E-state index contributed by atoms with van der Waals surface area (Å²) in [4.78, 5) is 25.3. The maximum Gasteiger partial charge on any atom is 0.254 e. The van der Waals surface area contributed by atoms with Crippen molar-refractivity contribution < 1.29 is 14.3 Å². The number of ether oxygens (including phenoxy) is 1. The molecule has 2 aromatic rings. The van der Waals surface area contributed by atoms with E-state index in [4.69, 9.17) is 4.74 Å². The Morgan fingerprint density at radius 1 is 0.966 bits per heavy atom. The summed E-state index contributed by atoms with van der Waals surface area (Å²) >= 11 is 3.42. The van der Waals surface area contributed by atoms with Gasteiger partial charge in [0.2, 0.25) is 0 Å². The standard InChI is InChI=1S/C23H19BrN2O3/c24-18-7-1-15(2-8-18)13-29-19-9-3-14(4-10-19)12-25-26-22(27)20-16-5-6-17(11-16)21(20)23(26)28/h1-10,12,16-17,20-21H,11,13H2. The van der Waals surface area contributed by atoms with Crippen molar-refractivity contribution >= 4 is 34.0 Å². The molecule has 6 heteroatoms. The van der Waals surface area contributed by atoms with Gasteiger partial charge in [0.25, 0.3) is 11.8 Å². The highest BCUT2D eigenvalue weighted by Gasteiger charge is 2.59. The number of amides is 2. The van der Waals surface area contributed by atoms with Crippen LogP contribution in [0.1, 0.15) is 17.5 Å². The molecule has 0 aromatic heterocycles. The van der Waals surface area contributed by atoms with Crippen molar-refractivity contribution in [3.8, 4) is 5.75 Å². The van der Waals surface area contributed by atoms with Gasteiger partial charge >= 0.3 is 0 Å². The quantitative estimate of drug-likeness (QED) is 0.390. The lowest BCUT2D eigenvalue weighted by Crippen LogP contribution is -2.28. The van der Waals surface area contributed by atoms with Crippen molar-refractivity contribution in [2.75, 3.05) is 0 Å². The van der Waals surface area contributed by atoms with Crippen LogP contribution in [0.3, 0.4) is 0 Å². The zero-order chi connectivity index (χ0) is 20.0. The Hall–Kier alpha value is -2.73. The van der Waals surface area contributed by atoms with E-state index in [-0.39, 0.29) is 35.5 Å². The van der Waals surface area contributed by atoms with Crippen LogP contribution < -0.4 is 4.74 Å². The van der Waals surface area contributed by atoms with Crippen LogP contribution >= 0.6 is 15.9 Å². The topological polar surface area (TPSA) is 59.0 Å². The average Bonchev–Trinajstić information content (AvgIpc) is 3.41. The molecule has 4 atom stereocenters. The van der Waals surface area contributed by atoms with Crippen LogP contribution in [0, 0.1) is 23.7 Å². The summed E-state index contributed by atoms with van der Waals surface area (Å²) in [6.07, 6.45) is 6.64. The van der Waals surface area contributed by atoms with Gasteiger partial charge in [-0.3, -0.25) is 9.59 Å². The normalized spacial score (nSPS) is 27.3. The summed E-state index contributed by atoms with van der Waals surface area (Å²) in [5, 5.41) is 5.27. The van der Waals surface area contributed by atoms with Gasteiger partial charge in [-0.15, -0.1) is 0 Å². The van der Waals surface area contributed by atoms with Crippen molar-refractivity contribution in [3.63, 3.8) is 0 Å². The average molecular weight is 451 g/mol. The third kappa shape index (κ3) is 3.31. The summed E-state index contributed by atoms with van der Waals surface area (Å²) in [6, 6.07) is 15.4. The van der Waals surface area contributed by atoms with Crippen molar-refractivity contribution in [2.45, 2.75) is 13.0 Å². The van der Waals surface area contributed by atoms with Crippen LogP contribution in [-0.2, 0) is 16.2 Å². The Morgan fingerprint density at radius 3 is 2.21 bits per heavy atom. The molecule has 0 spiro atoms. The fraction of sp³-hybridized carbons (Fsp3) is 0.261. The number of imide groups is 1. The molecule has 2 fully saturated rings. The molecule has 0 radical (unpaired) electrons. The van der Waals surface area contributed by atoms with Gasteiger partial charge in [-0.1, -0.05) is 40.2 Å². The largest absolute Gasteiger partial charge is 0.489 e. The molecule has 29 heavy (non-hydrogen) atoms. The summed E-state index contributed by atoms with van der Waals surface area (Å²) in [6.45, 7) is 0.483. The molecule has 5 nitrogen and oxygen atoms in total. The molecule has 1 heterocycles. The number of benzene rings is 2. The molecule has 5 rings (SSSR count). The van der Waals surface area contributed by atoms with E-state index in [1.165, 1.54) is 0 Å². The van der Waals surface area contributed by atoms with Gasteiger partial charge in [-0.05, 0) is 65.8 Å². The van der Waals surface area contributed by atoms with Crippen LogP contribution in [-0.4, -0.2) is 23.0 Å². The highest BCUT2D eigenvalue weighted by molar-refractivity contribution is 9.10. The lowest BCUT2D eigenvalue weighted by atomic mass is 9.85. The second-order valence-corrected chi connectivity index (χ2v) is 8.63. The summed E-state index contributed by atoms with van der Waals surface area (Å²) in [7, 11) is 0. The number of carbonyl (C=O) groups is 2. The highest BCUT2D eigenvalue weighted by atomic mass is 79.9. The maximum atomic E-state index is 12.6. The highest BCUT2D eigenvalue weighted by Crippen LogP contribution is 2.52. The van der Waals surface area contributed by atoms with E-state index in [2.05, 4.69) is 33.2 Å². The molecule has 1 saturated carbocycles. The van der Waals surface area contributed by atoms with Crippen molar-refractivity contribution in [1.82, 2.24) is 5.01 Å². The van der Waals surface area contributed by atoms with Crippen LogP contribution in [0.15, 0.2) is 70.3 Å². The second kappa shape index (κ2) is 7.26. The SMILES string of the molecule is O=C1C2C3C=CC(C3)C2C(=O)N1N=Cc1ccc(OCc2ccc(Br)cc2)cc1. The van der Waals surface area contributed by atoms with Crippen molar-refractivity contribution in [1.29, 1.82) is 0 Å². The monoisotopic (exact) mass is 450 g/mol. The first-order valence-electron chi connectivity index (χ1n) is 9.67. The van der Waals surface area contributed by atoms with Gasteiger partial charge in [-0.25, -0.2) is 0 Å². The van der Waals surface area contributed by atoms with Gasteiger partial charge < -0.3 is 4.74 Å². The van der Waals surface area contributed by atoms with Crippen LogP contribution in [0.5, 0.6) is 5.75 Å². The van der Waals surface area contributed by atoms with Gasteiger partial charge in [0.1, 0.15) is 12.4 Å². The number of carbonyl (C=O) groups excluding carboxylic acids is 2. The van der Waals surface area contributed by atoms with E-state index in [0.29, 0.717) is 6.61 Å². The summed E-state index contributed by atoms with van der Waals surface area (Å²) < 4.78 is 6.83. The zero-order valence-corrected chi connectivity index (χ0v) is 17.2. The van der Waals surface area contributed by atoms with E-state index in [0.717, 1.165) is 32.8 Å². The minimum absolute atomic E-state index is 0.164. The number of halogens is 1. The molecule has 1 saturated heterocycles. The van der Waals surface area contributed by atoms with Gasteiger partial charge in [0, 0.05) is 4.47 Å². The summed E-state index contributed by atoms with van der Waals surface area (Å²) in [5.74, 6) is 0.376. The first-order valence-corrected chi connectivity index (χ1v) is 10.5. The third-order valence-corrected chi connectivity index (χ3v) is 6.50. The molecule has 2 amide bonds. The van der Waals surface area contributed by atoms with Crippen LogP contribution in [0.4, 0.5) is 0 Å². The Morgan fingerprint density at radius 2 is 1.59 bits per heavy atom. The Balaban J connectivity index is 1.22. The molecule has 0 N–H and O–H groups in total. The zero-order valence-electron chi connectivity index (χ0n) is 15.6. The number of hydrogen-bond donors (Lipinski definition) is 0. The molecule has 4 unspecified atom stereocenters. The Kier molecular flexibility index (Phi) is 4.59. The number of fused-ring (bicyclic) bond motifs is 5. The Labute approximate surface area is 177 Å². The molecule has 2 bridgehead atoms. The number of hydrazone groups is 1. The molecule has 1 aliphatic heterocycles. The van der Waals surface area contributed by atoms with Gasteiger partial charge in [0.05, 0.1) is 18.1 Å². The predicted octanol–water partition coefficient (Wildman–Crippen LogP) is 4.17. The van der Waals surface area contributed by atoms with E-state index in [1.807, 2.05) is 48.5 Å². The van der Waals surface area contributed by atoms with Crippen LogP contribution in [0.2, 0.25) is 0 Å². The summed E-state index contributed by atoms with van der Waals surface area (Å²) in [5.41, 5.74) is 1.89. The molecular formula is C23H19BrN2O3. The lowest BCUT2D eigenvalue weighted by Gasteiger charge is -2.13. The number of allylic oxidation sites excluding steroid dienone is 2. The van der Waals surface area contributed by atoms with E-state index in [9.17, 15) is 9.59 Å². The lowest BCUT2D eigenvalue weighted by molar-refractivity contribution is -0.140. The molecular weight excluding hydrogens is 432 g/mol. The number of nitrogens with zero attached hydrogens (tertiary/aromatic N) is 2. The van der Waals surface area contributed by atoms with Crippen molar-refractivity contribution in [3.05, 3.63) is 76.3 Å². The minimum Gasteiger partial charge on any atom is -0.489 e. The number of hydrogen-bond acceptors (Lipinski definition) is 4. The van der Waals surface area contributed by atoms with E-state index < -0.39 is 0 Å². The second-order valence-electron chi connectivity index (χ2n) is 7.72. The van der Waals surface area contributed by atoms with Gasteiger partial charge in [-0.2, -0.15) is 10.1 Å². The molecule has 2 aromatic carbocycles. The fourth-order valence-corrected chi connectivity index (χ4v) is 4.79. The minimum atomic E-state index is -0.218. The maximum absolute atomic E-state index is 12.6. The van der Waals surface area contributed by atoms with E-state index >= 15 is 0 Å². The molecule has 3 aliphatic rings. The van der Waals surface area contributed by atoms with E-state index in [1.54, 1.807) is 6.21 Å². The fourth-order valence-electron chi connectivity index (χ4n) is 4.52.